The number of isothiocyanates is 1. The lowest BCUT2D eigenvalue weighted by Gasteiger charge is -2.04. The maximum absolute atomic E-state index is 13.0. The highest BCUT2D eigenvalue weighted by Crippen LogP contribution is 2.39. The molecule has 0 saturated heterocycles. The molecule has 0 radical (unpaired) electrons. The highest BCUT2D eigenvalue weighted by molar-refractivity contribution is 7.78. The highest BCUT2D eigenvalue weighted by Gasteiger charge is 2.35. The van der Waals surface area contributed by atoms with Crippen molar-refractivity contribution >= 4 is 73.7 Å². The van der Waals surface area contributed by atoms with Crippen LogP contribution in [-0.4, -0.2) is 33.1 Å². The van der Waals surface area contributed by atoms with Crippen molar-refractivity contribution in [2.75, 3.05) is 6.54 Å². The Labute approximate surface area is 193 Å². The Morgan fingerprint density at radius 1 is 1.00 bits per heavy atom. The van der Waals surface area contributed by atoms with E-state index in [4.69, 9.17) is 11.6 Å². The summed E-state index contributed by atoms with van der Waals surface area (Å²) in [6.07, 6.45) is 4.39. The van der Waals surface area contributed by atoms with Crippen LogP contribution in [0.15, 0.2) is 59.9 Å². The van der Waals surface area contributed by atoms with Crippen molar-refractivity contribution < 1.29 is 9.59 Å². The minimum absolute atomic E-state index is 0.350. The fraction of sp³-hybridized carbons (Fsp3) is 0.125. The maximum atomic E-state index is 13.0. The molecule has 158 valence electrons. The first-order valence-corrected chi connectivity index (χ1v) is 10.9. The first-order valence-electron chi connectivity index (χ1n) is 10.1. The number of hydrogen-bond donors (Lipinski definition) is 2. The van der Waals surface area contributed by atoms with Gasteiger partial charge in [-0.1, -0.05) is 41.9 Å². The molecule has 2 aromatic heterocycles. The fourth-order valence-corrected chi connectivity index (χ4v) is 4.68. The number of nitrogens with zero attached hydrogens (tertiary/aromatic N) is 2. The summed E-state index contributed by atoms with van der Waals surface area (Å²) in [4.78, 5) is 33.0. The third-order valence-electron chi connectivity index (χ3n) is 5.64. The molecule has 0 aliphatic carbocycles. The minimum Gasteiger partial charge on any atom is -0.361 e. The molecule has 6 nitrogen and oxygen atoms in total. The zero-order chi connectivity index (χ0) is 22.2. The number of fused-ring (bicyclic) bond motifs is 2. The second kappa shape index (κ2) is 8.20. The Hall–Kier alpha value is -3.51. The molecule has 32 heavy (non-hydrogen) atoms. The van der Waals surface area contributed by atoms with Gasteiger partial charge in [0.15, 0.2) is 0 Å². The Balaban J connectivity index is 1.74. The Morgan fingerprint density at radius 2 is 1.75 bits per heavy atom. The fourth-order valence-electron chi connectivity index (χ4n) is 4.30. The molecule has 0 atom stereocenters. The highest BCUT2D eigenvalue weighted by atomic mass is 35.5. The number of aryl methyl sites for hydroxylation is 1. The zero-order valence-corrected chi connectivity index (χ0v) is 18.4. The molecule has 0 bridgehead atoms. The van der Waals surface area contributed by atoms with Crippen molar-refractivity contribution in [1.29, 1.82) is 0 Å². The number of benzene rings is 2. The Bertz CT molecular complexity index is 1490. The van der Waals surface area contributed by atoms with E-state index < -0.39 is 11.8 Å². The molecule has 8 heteroatoms. The Kier molecular flexibility index (Phi) is 5.23. The van der Waals surface area contributed by atoms with Crippen LogP contribution in [0.5, 0.6) is 0 Å². The van der Waals surface area contributed by atoms with Crippen LogP contribution in [0.25, 0.3) is 33.0 Å². The molecule has 0 spiro atoms. The number of carbonyl (C=O) groups excluding carboxylic acids is 2. The molecular formula is C24H17ClN4O2S. The van der Waals surface area contributed by atoms with Gasteiger partial charge in [0.05, 0.1) is 33.4 Å². The van der Waals surface area contributed by atoms with E-state index in [9.17, 15) is 9.59 Å². The van der Waals surface area contributed by atoms with Crippen LogP contribution in [0.3, 0.4) is 0 Å². The SMILES string of the molecule is O=C1NC(=O)C(c2cn(CCCN=C=S)c3c(Cl)cccc23)=C1c1c[nH]c2ccccc12. The van der Waals surface area contributed by atoms with Crippen LogP contribution < -0.4 is 5.32 Å². The maximum Gasteiger partial charge on any atom is 0.259 e. The monoisotopic (exact) mass is 460 g/mol. The van der Waals surface area contributed by atoms with Gasteiger partial charge in [0.2, 0.25) is 0 Å². The van der Waals surface area contributed by atoms with E-state index in [1.807, 2.05) is 53.2 Å². The predicted molar refractivity (Wildman–Crippen MR) is 130 cm³/mol. The summed E-state index contributed by atoms with van der Waals surface area (Å²) in [6, 6.07) is 13.3. The van der Waals surface area contributed by atoms with Crippen molar-refractivity contribution in [2.24, 2.45) is 4.99 Å². The van der Waals surface area contributed by atoms with E-state index in [1.54, 1.807) is 6.20 Å². The van der Waals surface area contributed by atoms with Gasteiger partial charge in [0.1, 0.15) is 0 Å². The van der Waals surface area contributed by atoms with Gasteiger partial charge >= 0.3 is 0 Å². The normalized spacial score (nSPS) is 13.8. The van der Waals surface area contributed by atoms with Crippen LogP contribution in [0, 0.1) is 0 Å². The lowest BCUT2D eigenvalue weighted by Crippen LogP contribution is -2.22. The second-order valence-electron chi connectivity index (χ2n) is 7.48. The number of aliphatic imine (C=N–C) groups is 1. The number of thiocarbonyl (C=S) groups is 1. The number of amides is 2. The number of carbonyl (C=O) groups is 2. The summed E-state index contributed by atoms with van der Waals surface area (Å²) < 4.78 is 2.00. The lowest BCUT2D eigenvalue weighted by molar-refractivity contribution is -0.122. The number of hydrogen-bond acceptors (Lipinski definition) is 4. The van der Waals surface area contributed by atoms with Crippen LogP contribution in [0.1, 0.15) is 17.5 Å². The summed E-state index contributed by atoms with van der Waals surface area (Å²) in [7, 11) is 0. The van der Waals surface area contributed by atoms with E-state index in [1.165, 1.54) is 0 Å². The van der Waals surface area contributed by atoms with E-state index in [0.29, 0.717) is 40.4 Å². The molecule has 1 aliphatic heterocycles. The number of nitrogens with one attached hydrogen (secondary N) is 2. The summed E-state index contributed by atoms with van der Waals surface area (Å²) in [5.74, 6) is -0.826. The molecule has 2 N–H and O–H groups in total. The average Bonchev–Trinajstić information content (AvgIpc) is 3.45. The van der Waals surface area contributed by atoms with Crippen molar-refractivity contribution in [3.05, 3.63) is 71.0 Å². The molecule has 3 heterocycles. The van der Waals surface area contributed by atoms with Gasteiger partial charge in [-0.2, -0.15) is 0 Å². The minimum atomic E-state index is -0.417. The molecule has 5 rings (SSSR count). The van der Waals surface area contributed by atoms with Gasteiger partial charge in [-0.3, -0.25) is 14.9 Å². The van der Waals surface area contributed by atoms with Crippen molar-refractivity contribution in [1.82, 2.24) is 14.9 Å². The lowest BCUT2D eigenvalue weighted by atomic mass is 9.95. The molecule has 1 aliphatic rings. The van der Waals surface area contributed by atoms with Crippen LogP contribution >= 0.6 is 23.8 Å². The first kappa shape index (κ1) is 20.4. The molecule has 0 unspecified atom stereocenters. The van der Waals surface area contributed by atoms with Gasteiger partial charge in [-0.15, -0.1) is 0 Å². The quantitative estimate of drug-likeness (QED) is 0.187. The van der Waals surface area contributed by atoms with E-state index in [0.717, 1.165) is 28.2 Å². The second-order valence-corrected chi connectivity index (χ2v) is 8.07. The van der Waals surface area contributed by atoms with Gasteiger partial charge < -0.3 is 9.55 Å². The number of rotatable bonds is 6. The third-order valence-corrected chi connectivity index (χ3v) is 6.08. The number of aromatic amines is 1. The molecule has 0 fully saturated rings. The van der Waals surface area contributed by atoms with E-state index in [-0.39, 0.29) is 0 Å². The number of halogens is 1. The van der Waals surface area contributed by atoms with Gasteiger partial charge in [-0.05, 0) is 30.8 Å². The van der Waals surface area contributed by atoms with Gasteiger partial charge in [0, 0.05) is 46.4 Å². The topological polar surface area (TPSA) is 79.2 Å². The van der Waals surface area contributed by atoms with Gasteiger partial charge in [-0.25, -0.2) is 4.99 Å². The standard InChI is InChI=1S/C24H17ClN4O2S/c25-18-7-3-6-15-17(12-29(22(15)18)10-4-9-26-13-32)21-20(23(30)28-24(21)31)16-11-27-19-8-2-1-5-14(16)19/h1-3,5-8,11-12,27H,4,9-10H2,(H,28,30,31). The number of para-hydroxylation sites is 2. The predicted octanol–water partition coefficient (Wildman–Crippen LogP) is 4.84. The number of imide groups is 1. The van der Waals surface area contributed by atoms with Gasteiger partial charge in [0.25, 0.3) is 11.8 Å². The van der Waals surface area contributed by atoms with Crippen molar-refractivity contribution in [3.63, 3.8) is 0 Å². The first-order chi connectivity index (χ1) is 15.6. The zero-order valence-electron chi connectivity index (χ0n) is 16.8. The average molecular weight is 461 g/mol. The smallest absolute Gasteiger partial charge is 0.259 e. The largest absolute Gasteiger partial charge is 0.361 e. The summed E-state index contributed by atoms with van der Waals surface area (Å²) in [5, 5.41) is 7.11. The molecule has 2 aromatic carbocycles. The molecule has 2 amide bonds. The third kappa shape index (κ3) is 3.28. The van der Waals surface area contributed by atoms with Crippen molar-refractivity contribution in [3.8, 4) is 0 Å². The molecular weight excluding hydrogens is 444 g/mol. The molecule has 4 aromatic rings. The van der Waals surface area contributed by atoms with E-state index in [2.05, 4.69) is 32.7 Å². The van der Waals surface area contributed by atoms with Crippen LogP contribution in [0.2, 0.25) is 5.02 Å². The summed E-state index contributed by atoms with van der Waals surface area (Å²) in [5.41, 5.74) is 3.78. The summed E-state index contributed by atoms with van der Waals surface area (Å²) in [6.45, 7) is 1.18. The number of H-pyrrole nitrogens is 1. The Morgan fingerprint density at radius 3 is 2.56 bits per heavy atom. The van der Waals surface area contributed by atoms with Crippen LogP contribution in [-0.2, 0) is 16.1 Å². The van der Waals surface area contributed by atoms with E-state index >= 15 is 0 Å². The number of aromatic nitrogens is 2. The van der Waals surface area contributed by atoms with Crippen LogP contribution in [0.4, 0.5) is 0 Å². The summed E-state index contributed by atoms with van der Waals surface area (Å²) >= 11 is 11.2. The van der Waals surface area contributed by atoms with Crippen molar-refractivity contribution in [2.45, 2.75) is 13.0 Å². The molecule has 0 saturated carbocycles.